The molecule has 1 aromatic heterocycles. The van der Waals surface area contributed by atoms with Crippen LogP contribution in [-0.4, -0.2) is 28.0 Å². The van der Waals surface area contributed by atoms with Gasteiger partial charge < -0.3 is 4.74 Å². The van der Waals surface area contributed by atoms with E-state index in [-0.39, 0.29) is 12.4 Å². The van der Waals surface area contributed by atoms with E-state index in [1.54, 1.807) is 13.0 Å². The van der Waals surface area contributed by atoms with Gasteiger partial charge in [0.05, 0.1) is 13.0 Å². The van der Waals surface area contributed by atoms with Crippen LogP contribution in [0.4, 0.5) is 0 Å². The Morgan fingerprint density at radius 3 is 3.06 bits per heavy atom. The van der Waals surface area contributed by atoms with Crippen molar-refractivity contribution in [3.05, 3.63) is 29.8 Å². The third-order valence-corrected chi connectivity index (χ3v) is 2.24. The topological polar surface area (TPSA) is 67.9 Å². The van der Waals surface area contributed by atoms with Gasteiger partial charge in [0, 0.05) is 0 Å². The Kier molecular flexibility index (Phi) is 3.49. The van der Waals surface area contributed by atoms with Gasteiger partial charge >= 0.3 is 5.97 Å². The minimum Gasteiger partial charge on any atom is -0.466 e. The molecule has 88 valence electrons. The zero-order chi connectivity index (χ0) is 12.1. The van der Waals surface area contributed by atoms with Crippen LogP contribution in [0, 0.1) is 0 Å². The van der Waals surface area contributed by atoms with Crippen molar-refractivity contribution in [2.45, 2.75) is 13.3 Å². The summed E-state index contributed by atoms with van der Waals surface area (Å²) in [4.78, 5) is 11.1. The van der Waals surface area contributed by atoms with Crippen LogP contribution in [0.5, 0.6) is 0 Å². The summed E-state index contributed by atoms with van der Waals surface area (Å²) in [5, 5.41) is 10.5. The van der Waals surface area contributed by atoms with Gasteiger partial charge in [-0.25, -0.2) is 0 Å². The first-order valence-electron chi connectivity index (χ1n) is 5.42. The number of nitrogens with one attached hydrogen (secondary N) is 1. The minimum atomic E-state index is -0.216. The van der Waals surface area contributed by atoms with Crippen LogP contribution in [0.3, 0.4) is 0 Å². The van der Waals surface area contributed by atoms with Gasteiger partial charge in [0.15, 0.2) is 0 Å². The number of fused-ring (bicyclic) bond motifs is 1. The number of ether oxygens (including phenoxy) is 1. The van der Waals surface area contributed by atoms with Crippen molar-refractivity contribution in [1.82, 2.24) is 15.4 Å². The molecule has 5 nitrogen and oxygen atoms in total. The average Bonchev–Trinajstić information content (AvgIpc) is 2.76. The summed E-state index contributed by atoms with van der Waals surface area (Å²) in [6, 6.07) is 5.70. The quantitative estimate of drug-likeness (QED) is 0.816. The van der Waals surface area contributed by atoms with Gasteiger partial charge in [-0.05, 0) is 24.6 Å². The highest BCUT2D eigenvalue weighted by atomic mass is 16.5. The van der Waals surface area contributed by atoms with Crippen LogP contribution < -0.4 is 0 Å². The number of benzene rings is 1. The van der Waals surface area contributed by atoms with E-state index in [0.717, 1.165) is 16.6 Å². The number of hydrogen-bond donors (Lipinski definition) is 1. The molecule has 2 aromatic rings. The number of rotatable bonds is 4. The minimum absolute atomic E-state index is 0.216. The third-order valence-electron chi connectivity index (χ3n) is 2.24. The lowest BCUT2D eigenvalue weighted by Crippen LogP contribution is -2.01. The third kappa shape index (κ3) is 2.90. The predicted molar refractivity (Wildman–Crippen MR) is 64.2 cm³/mol. The Labute approximate surface area is 98.5 Å². The summed E-state index contributed by atoms with van der Waals surface area (Å²) in [6.07, 6.45) is 3.93. The lowest BCUT2D eigenvalue weighted by Gasteiger charge is -1.96. The molecule has 0 fully saturated rings. The number of aromatic nitrogens is 3. The SMILES string of the molecule is CCOC(=O)CC=Cc1ccc2n[nH]nc2c1. The molecule has 0 aliphatic rings. The molecular weight excluding hydrogens is 218 g/mol. The van der Waals surface area contributed by atoms with E-state index in [0.29, 0.717) is 6.61 Å². The summed E-state index contributed by atoms with van der Waals surface area (Å²) in [5.41, 5.74) is 2.62. The van der Waals surface area contributed by atoms with Crippen LogP contribution in [0.1, 0.15) is 18.9 Å². The fraction of sp³-hybridized carbons (Fsp3) is 0.250. The van der Waals surface area contributed by atoms with Crippen molar-refractivity contribution in [3.63, 3.8) is 0 Å². The van der Waals surface area contributed by atoms with E-state index >= 15 is 0 Å². The summed E-state index contributed by atoms with van der Waals surface area (Å²) in [6.45, 7) is 2.21. The highest BCUT2D eigenvalue weighted by Gasteiger charge is 1.99. The second-order valence-electron chi connectivity index (χ2n) is 3.48. The van der Waals surface area contributed by atoms with Gasteiger partial charge in [0.2, 0.25) is 0 Å². The molecule has 0 bridgehead atoms. The molecule has 0 atom stereocenters. The number of carbonyl (C=O) groups excluding carboxylic acids is 1. The number of carbonyl (C=O) groups is 1. The number of esters is 1. The zero-order valence-electron chi connectivity index (χ0n) is 9.51. The lowest BCUT2D eigenvalue weighted by molar-refractivity contribution is -0.142. The van der Waals surface area contributed by atoms with Crippen molar-refractivity contribution in [3.8, 4) is 0 Å². The predicted octanol–water partition coefficient (Wildman–Crippen LogP) is 1.92. The zero-order valence-corrected chi connectivity index (χ0v) is 9.51. The smallest absolute Gasteiger partial charge is 0.309 e. The van der Waals surface area contributed by atoms with E-state index in [4.69, 9.17) is 4.74 Å². The summed E-state index contributed by atoms with van der Waals surface area (Å²) in [7, 11) is 0. The van der Waals surface area contributed by atoms with Crippen molar-refractivity contribution in [2.24, 2.45) is 0 Å². The monoisotopic (exact) mass is 231 g/mol. The Bertz CT molecular complexity index is 545. The number of nitrogens with zero attached hydrogens (tertiary/aromatic N) is 2. The van der Waals surface area contributed by atoms with Gasteiger partial charge in [0.1, 0.15) is 11.0 Å². The number of hydrogen-bond acceptors (Lipinski definition) is 4. The fourth-order valence-corrected chi connectivity index (χ4v) is 1.47. The van der Waals surface area contributed by atoms with Gasteiger partial charge in [-0.3, -0.25) is 4.79 Å². The molecule has 0 saturated carbocycles. The van der Waals surface area contributed by atoms with Gasteiger partial charge in [-0.15, -0.1) is 0 Å². The van der Waals surface area contributed by atoms with E-state index < -0.39 is 0 Å². The summed E-state index contributed by atoms with van der Waals surface area (Å²) < 4.78 is 4.82. The van der Waals surface area contributed by atoms with E-state index in [2.05, 4.69) is 15.4 Å². The Hall–Kier alpha value is -2.17. The first-order chi connectivity index (χ1) is 8.29. The maximum Gasteiger partial charge on any atom is 0.309 e. The Morgan fingerprint density at radius 2 is 2.24 bits per heavy atom. The van der Waals surface area contributed by atoms with Crippen LogP contribution >= 0.6 is 0 Å². The number of aromatic amines is 1. The van der Waals surface area contributed by atoms with E-state index in [1.807, 2.05) is 24.3 Å². The van der Waals surface area contributed by atoms with Crippen LogP contribution in [-0.2, 0) is 9.53 Å². The molecule has 17 heavy (non-hydrogen) atoms. The lowest BCUT2D eigenvalue weighted by atomic mass is 10.2. The van der Waals surface area contributed by atoms with Crippen molar-refractivity contribution < 1.29 is 9.53 Å². The van der Waals surface area contributed by atoms with Crippen LogP contribution in [0.15, 0.2) is 24.3 Å². The molecule has 0 aliphatic carbocycles. The molecule has 5 heteroatoms. The first-order valence-corrected chi connectivity index (χ1v) is 5.42. The van der Waals surface area contributed by atoms with E-state index in [1.165, 1.54) is 0 Å². The van der Waals surface area contributed by atoms with E-state index in [9.17, 15) is 4.79 Å². The first kappa shape index (κ1) is 11.3. The van der Waals surface area contributed by atoms with Crippen LogP contribution in [0.25, 0.3) is 17.1 Å². The largest absolute Gasteiger partial charge is 0.466 e. The fourth-order valence-electron chi connectivity index (χ4n) is 1.47. The molecule has 0 saturated heterocycles. The van der Waals surface area contributed by atoms with Crippen molar-refractivity contribution in [1.29, 1.82) is 0 Å². The number of H-pyrrole nitrogens is 1. The Morgan fingerprint density at radius 1 is 1.41 bits per heavy atom. The standard InChI is InChI=1S/C12H13N3O2/c1-2-17-12(16)5-3-4-9-6-7-10-11(8-9)14-15-13-10/h3-4,6-8H,2,5H2,1H3,(H,13,14,15). The van der Waals surface area contributed by atoms with Gasteiger partial charge in [-0.1, -0.05) is 18.2 Å². The molecular formula is C12H13N3O2. The maximum absolute atomic E-state index is 11.1. The Balaban J connectivity index is 2.02. The molecule has 0 aliphatic heterocycles. The molecule has 0 unspecified atom stereocenters. The molecule has 0 amide bonds. The molecule has 1 heterocycles. The van der Waals surface area contributed by atoms with Gasteiger partial charge in [-0.2, -0.15) is 15.4 Å². The van der Waals surface area contributed by atoms with Crippen molar-refractivity contribution in [2.75, 3.05) is 6.61 Å². The highest BCUT2D eigenvalue weighted by molar-refractivity contribution is 5.77. The van der Waals surface area contributed by atoms with Gasteiger partial charge in [0.25, 0.3) is 0 Å². The summed E-state index contributed by atoms with van der Waals surface area (Å²) in [5.74, 6) is -0.216. The molecule has 0 spiro atoms. The molecule has 0 radical (unpaired) electrons. The molecule has 1 aromatic carbocycles. The highest BCUT2D eigenvalue weighted by Crippen LogP contribution is 2.12. The summed E-state index contributed by atoms with van der Waals surface area (Å²) >= 11 is 0. The maximum atomic E-state index is 11.1. The molecule has 1 N–H and O–H groups in total. The second-order valence-corrected chi connectivity index (χ2v) is 3.48. The normalized spacial score (nSPS) is 11.1. The van der Waals surface area contributed by atoms with Crippen LogP contribution in [0.2, 0.25) is 0 Å². The molecule has 2 rings (SSSR count). The average molecular weight is 231 g/mol. The van der Waals surface area contributed by atoms with Crippen molar-refractivity contribution >= 4 is 23.1 Å². The second kappa shape index (κ2) is 5.25.